The third kappa shape index (κ3) is 4.03. The molecule has 2 unspecified atom stereocenters. The fourth-order valence-electron chi connectivity index (χ4n) is 2.08. The van der Waals surface area contributed by atoms with E-state index in [9.17, 15) is 8.42 Å². The minimum atomic E-state index is -3.36. The first-order valence-electron chi connectivity index (χ1n) is 6.82. The van der Waals surface area contributed by atoms with Gasteiger partial charge in [0, 0.05) is 13.1 Å². The Hall–Kier alpha value is -0.910. The second kappa shape index (κ2) is 6.03. The molecule has 1 aliphatic rings. The highest BCUT2D eigenvalue weighted by Gasteiger charge is 2.33. The summed E-state index contributed by atoms with van der Waals surface area (Å²) >= 11 is 0. The molecule has 2 rings (SSSR count). The second-order valence-corrected chi connectivity index (χ2v) is 7.02. The van der Waals surface area contributed by atoms with Crippen LogP contribution in [0.15, 0.2) is 29.2 Å². The first kappa shape index (κ1) is 14.5. The van der Waals surface area contributed by atoms with E-state index in [0.717, 1.165) is 18.5 Å². The van der Waals surface area contributed by atoms with Gasteiger partial charge < -0.3 is 5.32 Å². The van der Waals surface area contributed by atoms with Crippen LogP contribution in [0.4, 0.5) is 0 Å². The summed E-state index contributed by atoms with van der Waals surface area (Å²) in [5.74, 6) is 1.17. The average molecular weight is 282 g/mol. The van der Waals surface area contributed by atoms with Crippen molar-refractivity contribution in [1.29, 1.82) is 0 Å². The number of hydrogen-bond donors (Lipinski definition) is 2. The number of sulfonamides is 1. The Morgan fingerprint density at radius 3 is 2.74 bits per heavy atom. The lowest BCUT2D eigenvalue weighted by Crippen LogP contribution is -2.26. The van der Waals surface area contributed by atoms with Crippen molar-refractivity contribution in [3.05, 3.63) is 29.8 Å². The fraction of sp³-hybridized carbons (Fsp3) is 0.571. The van der Waals surface area contributed by atoms with Crippen LogP contribution in [0.25, 0.3) is 0 Å². The molecule has 0 spiro atoms. The third-order valence-corrected chi connectivity index (χ3v) is 5.02. The minimum Gasteiger partial charge on any atom is -0.313 e. The van der Waals surface area contributed by atoms with Gasteiger partial charge in [-0.05, 0) is 42.5 Å². The summed E-state index contributed by atoms with van der Waals surface area (Å²) in [5.41, 5.74) is 0.990. The van der Waals surface area contributed by atoms with Crippen LogP contribution in [-0.4, -0.2) is 21.5 Å². The first-order valence-corrected chi connectivity index (χ1v) is 8.30. The SMILES string of the molecule is CCNCc1cccc(S(=O)(=O)NCC2CC2C)c1. The van der Waals surface area contributed by atoms with Crippen molar-refractivity contribution in [2.24, 2.45) is 11.8 Å². The molecule has 0 aliphatic heterocycles. The minimum absolute atomic E-state index is 0.358. The van der Waals surface area contributed by atoms with Gasteiger partial charge in [0.25, 0.3) is 0 Å². The highest BCUT2D eigenvalue weighted by atomic mass is 32.2. The molecule has 19 heavy (non-hydrogen) atoms. The molecule has 0 saturated heterocycles. The summed E-state index contributed by atoms with van der Waals surface area (Å²) in [6.07, 6.45) is 1.13. The van der Waals surface area contributed by atoms with Crippen LogP contribution >= 0.6 is 0 Å². The van der Waals surface area contributed by atoms with Crippen LogP contribution in [0, 0.1) is 11.8 Å². The van der Waals surface area contributed by atoms with Gasteiger partial charge in [-0.15, -0.1) is 0 Å². The summed E-state index contributed by atoms with van der Waals surface area (Å²) in [6.45, 7) is 6.30. The van der Waals surface area contributed by atoms with E-state index < -0.39 is 10.0 Å². The second-order valence-electron chi connectivity index (χ2n) is 5.25. The lowest BCUT2D eigenvalue weighted by molar-refractivity contribution is 0.574. The average Bonchev–Trinajstić information content (AvgIpc) is 3.11. The molecule has 5 heteroatoms. The fourth-order valence-corrected chi connectivity index (χ4v) is 3.24. The normalized spacial score (nSPS) is 22.4. The summed E-state index contributed by atoms with van der Waals surface area (Å²) < 4.78 is 27.0. The van der Waals surface area contributed by atoms with E-state index in [1.165, 1.54) is 0 Å². The number of hydrogen-bond acceptors (Lipinski definition) is 3. The van der Waals surface area contributed by atoms with E-state index in [1.54, 1.807) is 18.2 Å². The molecule has 106 valence electrons. The zero-order chi connectivity index (χ0) is 13.9. The molecule has 0 aromatic heterocycles. The van der Waals surface area contributed by atoms with Crippen LogP contribution in [0.1, 0.15) is 25.8 Å². The molecular formula is C14H22N2O2S. The van der Waals surface area contributed by atoms with Crippen LogP contribution < -0.4 is 10.0 Å². The molecule has 4 nitrogen and oxygen atoms in total. The van der Waals surface area contributed by atoms with Gasteiger partial charge >= 0.3 is 0 Å². The molecule has 0 bridgehead atoms. The predicted molar refractivity (Wildman–Crippen MR) is 76.3 cm³/mol. The Kier molecular flexibility index (Phi) is 4.60. The van der Waals surface area contributed by atoms with Gasteiger partial charge in [-0.1, -0.05) is 26.0 Å². The largest absolute Gasteiger partial charge is 0.313 e. The first-order chi connectivity index (χ1) is 9.03. The van der Waals surface area contributed by atoms with E-state index in [2.05, 4.69) is 17.0 Å². The molecule has 1 aromatic carbocycles. The Bertz CT molecular complexity index is 528. The number of rotatable bonds is 7. The third-order valence-electron chi connectivity index (χ3n) is 3.60. The summed E-state index contributed by atoms with van der Waals surface area (Å²) in [5, 5.41) is 3.19. The van der Waals surface area contributed by atoms with Crippen molar-refractivity contribution in [2.45, 2.75) is 31.7 Å². The van der Waals surface area contributed by atoms with Crippen molar-refractivity contribution in [1.82, 2.24) is 10.0 Å². The van der Waals surface area contributed by atoms with Gasteiger partial charge in [-0.2, -0.15) is 0 Å². The van der Waals surface area contributed by atoms with E-state index in [-0.39, 0.29) is 0 Å². The zero-order valence-corrected chi connectivity index (χ0v) is 12.3. The molecule has 1 aromatic rings. The van der Waals surface area contributed by atoms with Gasteiger partial charge in [-0.25, -0.2) is 13.1 Å². The highest BCUT2D eigenvalue weighted by Crippen LogP contribution is 2.37. The molecule has 1 aliphatic carbocycles. The van der Waals surface area contributed by atoms with Gasteiger partial charge in [0.05, 0.1) is 4.90 Å². The highest BCUT2D eigenvalue weighted by molar-refractivity contribution is 7.89. The standard InChI is InChI=1S/C14H22N2O2S/c1-3-15-9-12-5-4-6-14(8-12)19(17,18)16-10-13-7-11(13)2/h4-6,8,11,13,15-16H,3,7,9-10H2,1-2H3. The van der Waals surface area contributed by atoms with Crippen molar-refractivity contribution in [3.8, 4) is 0 Å². The Balaban J connectivity index is 2.02. The molecule has 0 amide bonds. The lowest BCUT2D eigenvalue weighted by atomic mass is 10.2. The summed E-state index contributed by atoms with van der Waals surface area (Å²) in [7, 11) is -3.36. The Morgan fingerprint density at radius 2 is 2.11 bits per heavy atom. The maximum absolute atomic E-state index is 12.2. The van der Waals surface area contributed by atoms with E-state index in [4.69, 9.17) is 0 Å². The monoisotopic (exact) mass is 282 g/mol. The van der Waals surface area contributed by atoms with Crippen molar-refractivity contribution in [3.63, 3.8) is 0 Å². The smallest absolute Gasteiger partial charge is 0.240 e. The predicted octanol–water partition coefficient (Wildman–Crippen LogP) is 1.73. The lowest BCUT2D eigenvalue weighted by Gasteiger charge is -2.08. The molecule has 0 radical (unpaired) electrons. The topological polar surface area (TPSA) is 58.2 Å². The molecule has 1 saturated carbocycles. The van der Waals surface area contributed by atoms with Crippen LogP contribution in [0.2, 0.25) is 0 Å². The molecular weight excluding hydrogens is 260 g/mol. The Labute approximate surface area is 115 Å². The molecule has 1 fully saturated rings. The van der Waals surface area contributed by atoms with Gasteiger partial charge in [-0.3, -0.25) is 0 Å². The molecule has 0 heterocycles. The quantitative estimate of drug-likeness (QED) is 0.801. The summed E-state index contributed by atoms with van der Waals surface area (Å²) in [6, 6.07) is 7.11. The number of benzene rings is 1. The molecule has 2 N–H and O–H groups in total. The number of nitrogens with one attached hydrogen (secondary N) is 2. The van der Waals surface area contributed by atoms with Crippen molar-refractivity contribution < 1.29 is 8.42 Å². The summed E-state index contributed by atoms with van der Waals surface area (Å²) in [4.78, 5) is 0.358. The van der Waals surface area contributed by atoms with Crippen LogP contribution in [0.3, 0.4) is 0 Å². The van der Waals surface area contributed by atoms with Crippen LogP contribution in [0.5, 0.6) is 0 Å². The van der Waals surface area contributed by atoms with E-state index in [1.807, 2.05) is 13.0 Å². The van der Waals surface area contributed by atoms with Gasteiger partial charge in [0.2, 0.25) is 10.0 Å². The van der Waals surface area contributed by atoms with E-state index >= 15 is 0 Å². The van der Waals surface area contributed by atoms with Gasteiger partial charge in [0.15, 0.2) is 0 Å². The van der Waals surface area contributed by atoms with Crippen molar-refractivity contribution in [2.75, 3.05) is 13.1 Å². The van der Waals surface area contributed by atoms with Gasteiger partial charge in [0.1, 0.15) is 0 Å². The van der Waals surface area contributed by atoms with E-state index in [0.29, 0.717) is 29.8 Å². The van der Waals surface area contributed by atoms with Crippen LogP contribution in [-0.2, 0) is 16.6 Å². The maximum Gasteiger partial charge on any atom is 0.240 e. The maximum atomic E-state index is 12.2. The molecule has 2 atom stereocenters. The Morgan fingerprint density at radius 1 is 1.37 bits per heavy atom. The zero-order valence-electron chi connectivity index (χ0n) is 11.5. The van der Waals surface area contributed by atoms with Crippen molar-refractivity contribution >= 4 is 10.0 Å².